The molecule has 4 nitrogen and oxygen atoms in total. The lowest BCUT2D eigenvalue weighted by Gasteiger charge is -2.15. The van der Waals surface area contributed by atoms with Crippen LogP contribution in [0.5, 0.6) is 0 Å². The summed E-state index contributed by atoms with van der Waals surface area (Å²) < 4.78 is 5.13. The summed E-state index contributed by atoms with van der Waals surface area (Å²) >= 11 is 0. The first-order valence-electron chi connectivity index (χ1n) is 8.01. The number of aliphatic carboxylic acids is 1. The molecule has 2 atom stereocenters. The van der Waals surface area contributed by atoms with E-state index in [1.54, 1.807) is 6.92 Å². The van der Waals surface area contributed by atoms with Gasteiger partial charge in [0, 0.05) is 0 Å². The van der Waals surface area contributed by atoms with E-state index < -0.39 is 17.9 Å². The average molecular weight is 306 g/mol. The second-order valence-electron chi connectivity index (χ2n) is 5.63. The van der Waals surface area contributed by atoms with Gasteiger partial charge in [0.2, 0.25) is 0 Å². The van der Waals surface area contributed by atoms with E-state index in [2.05, 4.69) is 12.1 Å². The highest BCUT2D eigenvalue weighted by Gasteiger charge is 2.28. The van der Waals surface area contributed by atoms with E-state index in [0.717, 1.165) is 25.7 Å². The van der Waals surface area contributed by atoms with E-state index in [9.17, 15) is 9.59 Å². The molecule has 1 aromatic rings. The fourth-order valence-corrected chi connectivity index (χ4v) is 2.20. The molecule has 0 radical (unpaired) electrons. The van der Waals surface area contributed by atoms with Gasteiger partial charge in [-0.25, -0.2) is 0 Å². The molecule has 0 bridgehead atoms. The molecule has 0 spiro atoms. The van der Waals surface area contributed by atoms with Crippen LogP contribution in [0.1, 0.15) is 51.5 Å². The van der Waals surface area contributed by atoms with Gasteiger partial charge in [-0.15, -0.1) is 0 Å². The fraction of sp³-hybridized carbons (Fsp3) is 0.556. The Morgan fingerprint density at radius 2 is 1.82 bits per heavy atom. The minimum atomic E-state index is -1.09. The normalized spacial score (nSPS) is 13.4. The molecule has 0 saturated carbocycles. The number of benzene rings is 1. The third-order valence-corrected chi connectivity index (χ3v) is 3.78. The van der Waals surface area contributed by atoms with Crippen molar-refractivity contribution in [2.75, 3.05) is 0 Å². The van der Waals surface area contributed by atoms with E-state index in [1.807, 2.05) is 25.1 Å². The van der Waals surface area contributed by atoms with Gasteiger partial charge in [0.15, 0.2) is 5.92 Å². The molecule has 0 amide bonds. The molecule has 0 fully saturated rings. The van der Waals surface area contributed by atoms with Crippen molar-refractivity contribution in [2.24, 2.45) is 5.92 Å². The van der Waals surface area contributed by atoms with Gasteiger partial charge < -0.3 is 9.84 Å². The highest BCUT2D eigenvalue weighted by molar-refractivity contribution is 5.93. The van der Waals surface area contributed by atoms with Gasteiger partial charge in [-0.05, 0) is 38.2 Å². The molecule has 1 N–H and O–H groups in total. The lowest BCUT2D eigenvalue weighted by Crippen LogP contribution is -2.28. The Morgan fingerprint density at radius 1 is 1.14 bits per heavy atom. The number of carbonyl (C=O) groups is 2. The van der Waals surface area contributed by atoms with Crippen molar-refractivity contribution in [2.45, 2.75) is 58.5 Å². The number of hydrogen-bond donors (Lipinski definition) is 1. The maximum Gasteiger partial charge on any atom is 0.320 e. The van der Waals surface area contributed by atoms with Crippen LogP contribution in [0.15, 0.2) is 30.3 Å². The van der Waals surface area contributed by atoms with Crippen LogP contribution in [0.2, 0.25) is 0 Å². The van der Waals surface area contributed by atoms with Crippen molar-refractivity contribution in [3.63, 3.8) is 0 Å². The van der Waals surface area contributed by atoms with Crippen LogP contribution in [0, 0.1) is 5.92 Å². The predicted molar refractivity (Wildman–Crippen MR) is 85.6 cm³/mol. The number of carboxylic acid groups (broad SMARTS) is 1. The summed E-state index contributed by atoms with van der Waals surface area (Å²) in [7, 11) is 0. The number of ether oxygens (including phenoxy) is 1. The summed E-state index contributed by atoms with van der Waals surface area (Å²) in [4.78, 5) is 23.0. The van der Waals surface area contributed by atoms with Crippen molar-refractivity contribution < 1.29 is 19.4 Å². The van der Waals surface area contributed by atoms with Crippen LogP contribution in [-0.2, 0) is 20.7 Å². The van der Waals surface area contributed by atoms with Crippen molar-refractivity contribution in [3.8, 4) is 0 Å². The first kappa shape index (κ1) is 18.2. The summed E-state index contributed by atoms with van der Waals surface area (Å²) in [6, 6.07) is 10.2. The van der Waals surface area contributed by atoms with Crippen molar-refractivity contribution >= 4 is 11.9 Å². The number of hydrogen-bond acceptors (Lipinski definition) is 3. The predicted octanol–water partition coefficient (Wildman–Crippen LogP) is 3.83. The van der Waals surface area contributed by atoms with E-state index in [1.165, 1.54) is 5.56 Å². The maximum absolute atomic E-state index is 11.8. The summed E-state index contributed by atoms with van der Waals surface area (Å²) in [6.45, 7) is 3.67. The molecule has 122 valence electrons. The number of esters is 1. The zero-order chi connectivity index (χ0) is 16.4. The molecule has 0 heterocycles. The number of carboxylic acids is 1. The minimum Gasteiger partial charge on any atom is -0.481 e. The first-order chi connectivity index (χ1) is 10.5. The second-order valence-corrected chi connectivity index (χ2v) is 5.63. The molecule has 0 saturated heterocycles. The molecule has 0 aliphatic rings. The Kier molecular flexibility index (Phi) is 8.26. The number of aryl methyl sites for hydroxylation is 1. The van der Waals surface area contributed by atoms with E-state index in [4.69, 9.17) is 9.84 Å². The van der Waals surface area contributed by atoms with E-state index in [-0.39, 0.29) is 6.10 Å². The van der Waals surface area contributed by atoms with Crippen LogP contribution in [0.4, 0.5) is 0 Å². The highest BCUT2D eigenvalue weighted by Crippen LogP contribution is 2.15. The monoisotopic (exact) mass is 306 g/mol. The molecule has 1 aromatic carbocycles. The van der Waals surface area contributed by atoms with Gasteiger partial charge >= 0.3 is 11.9 Å². The van der Waals surface area contributed by atoms with E-state index in [0.29, 0.717) is 12.8 Å². The third-order valence-electron chi connectivity index (χ3n) is 3.78. The van der Waals surface area contributed by atoms with Crippen LogP contribution in [0.25, 0.3) is 0 Å². The summed E-state index contributed by atoms with van der Waals surface area (Å²) in [5.41, 5.74) is 1.29. The minimum absolute atomic E-state index is 0.229. The van der Waals surface area contributed by atoms with Crippen LogP contribution >= 0.6 is 0 Å². The Bertz CT molecular complexity index is 455. The molecular weight excluding hydrogens is 280 g/mol. The fourth-order valence-electron chi connectivity index (χ4n) is 2.20. The highest BCUT2D eigenvalue weighted by atomic mass is 16.5. The van der Waals surface area contributed by atoms with Gasteiger partial charge in [-0.1, -0.05) is 50.1 Å². The molecule has 4 heteroatoms. The number of rotatable bonds is 10. The lowest BCUT2D eigenvalue weighted by molar-refractivity contribution is -0.162. The third kappa shape index (κ3) is 6.74. The van der Waals surface area contributed by atoms with Gasteiger partial charge in [-0.2, -0.15) is 0 Å². The molecule has 0 aliphatic carbocycles. The van der Waals surface area contributed by atoms with Crippen LogP contribution in [0.3, 0.4) is 0 Å². The number of unbranched alkanes of at least 4 members (excludes halogenated alkanes) is 2. The van der Waals surface area contributed by atoms with Gasteiger partial charge in [-0.3, -0.25) is 9.59 Å². The largest absolute Gasteiger partial charge is 0.481 e. The summed E-state index contributed by atoms with van der Waals surface area (Å²) in [5.74, 6) is -2.73. The lowest BCUT2D eigenvalue weighted by atomic mass is 9.99. The standard InChI is InChI=1S/C18H26O4/c1-3-14(2)22-18(21)16(17(19)20)13-9-5-8-12-15-10-6-4-7-11-15/h4,6-7,10-11,14,16H,3,5,8-9,12-13H2,1-2H3,(H,19,20). The first-order valence-corrected chi connectivity index (χ1v) is 8.01. The molecule has 0 aliphatic heterocycles. The smallest absolute Gasteiger partial charge is 0.320 e. The average Bonchev–Trinajstić information content (AvgIpc) is 2.51. The molecule has 2 unspecified atom stereocenters. The molecular formula is C18H26O4. The topological polar surface area (TPSA) is 63.6 Å². The quantitative estimate of drug-likeness (QED) is 0.405. The SMILES string of the molecule is CCC(C)OC(=O)C(CCCCCc1ccccc1)C(=O)O. The van der Waals surface area contributed by atoms with Crippen molar-refractivity contribution in [1.82, 2.24) is 0 Å². The summed E-state index contributed by atoms with van der Waals surface area (Å²) in [6.07, 6.45) is 4.42. The van der Waals surface area contributed by atoms with Crippen molar-refractivity contribution in [3.05, 3.63) is 35.9 Å². The maximum atomic E-state index is 11.8. The van der Waals surface area contributed by atoms with Crippen molar-refractivity contribution in [1.29, 1.82) is 0 Å². The zero-order valence-corrected chi connectivity index (χ0v) is 13.5. The Balaban J connectivity index is 2.29. The Hall–Kier alpha value is -1.84. The summed E-state index contributed by atoms with van der Waals surface area (Å²) in [5, 5.41) is 9.16. The van der Waals surface area contributed by atoms with Crippen LogP contribution in [-0.4, -0.2) is 23.1 Å². The number of carbonyl (C=O) groups excluding carboxylic acids is 1. The Labute approximate surface area is 132 Å². The van der Waals surface area contributed by atoms with E-state index >= 15 is 0 Å². The molecule has 0 aromatic heterocycles. The second kappa shape index (κ2) is 9.98. The molecule has 1 rings (SSSR count). The van der Waals surface area contributed by atoms with Gasteiger partial charge in [0.05, 0.1) is 6.10 Å². The molecule has 22 heavy (non-hydrogen) atoms. The van der Waals surface area contributed by atoms with Gasteiger partial charge in [0.1, 0.15) is 0 Å². The Morgan fingerprint density at radius 3 is 2.41 bits per heavy atom. The zero-order valence-electron chi connectivity index (χ0n) is 13.5. The van der Waals surface area contributed by atoms with Crippen LogP contribution < -0.4 is 0 Å². The van der Waals surface area contributed by atoms with Gasteiger partial charge in [0.25, 0.3) is 0 Å².